The number of amides is 1. The van der Waals surface area contributed by atoms with Crippen LogP contribution < -0.4 is 10.2 Å². The molecule has 0 radical (unpaired) electrons. The molecule has 0 aliphatic heterocycles. The molecule has 3 rings (SSSR count). The summed E-state index contributed by atoms with van der Waals surface area (Å²) in [5.41, 5.74) is 5.09. The second kappa shape index (κ2) is 10.2. The van der Waals surface area contributed by atoms with Crippen LogP contribution in [0.3, 0.4) is 0 Å². The molecule has 148 valence electrons. The molecule has 2 aromatic carbocycles. The number of carbonyl (C=O) groups excluding carboxylic acids is 1. The first-order chi connectivity index (χ1) is 14.2. The van der Waals surface area contributed by atoms with Crippen LogP contribution in [0.4, 0.5) is 0 Å². The molecule has 8 heteroatoms. The topological polar surface area (TPSA) is 81.4 Å². The van der Waals surface area contributed by atoms with Crippen molar-refractivity contribution in [3.63, 3.8) is 0 Å². The highest BCUT2D eigenvalue weighted by molar-refractivity contribution is 7.98. The third-order valence-corrected chi connectivity index (χ3v) is 5.10. The molecule has 0 atom stereocenters. The average molecular weight is 407 g/mol. The summed E-state index contributed by atoms with van der Waals surface area (Å²) in [6.45, 7) is 0. The summed E-state index contributed by atoms with van der Waals surface area (Å²) in [6.07, 6.45) is 6.79. The quantitative estimate of drug-likeness (QED) is 0.351. The third kappa shape index (κ3) is 5.79. The van der Waals surface area contributed by atoms with Crippen LogP contribution in [0.5, 0.6) is 5.75 Å². The number of carbonyl (C=O) groups is 1. The Morgan fingerprint density at radius 2 is 2.03 bits per heavy atom. The molecule has 1 N–H and O–H groups in total. The van der Waals surface area contributed by atoms with Crippen molar-refractivity contribution in [1.82, 2.24) is 20.2 Å². The second-order valence-corrected chi connectivity index (χ2v) is 6.97. The number of hydrogen-bond acceptors (Lipinski definition) is 6. The lowest BCUT2D eigenvalue weighted by Crippen LogP contribution is -2.17. The van der Waals surface area contributed by atoms with E-state index in [1.807, 2.05) is 54.1 Å². The van der Waals surface area contributed by atoms with Crippen LogP contribution in [0, 0.1) is 0 Å². The van der Waals surface area contributed by atoms with Gasteiger partial charge in [-0.05, 0) is 35.9 Å². The Balaban J connectivity index is 1.49. The predicted octanol–water partition coefficient (Wildman–Crippen LogP) is 3.55. The number of nitrogens with zero attached hydrogens (tertiary/aromatic N) is 4. The van der Waals surface area contributed by atoms with Gasteiger partial charge in [0, 0.05) is 30.1 Å². The Hall–Kier alpha value is -3.39. The van der Waals surface area contributed by atoms with E-state index in [2.05, 4.69) is 20.7 Å². The van der Waals surface area contributed by atoms with Gasteiger partial charge in [-0.25, -0.2) is 5.43 Å². The van der Waals surface area contributed by atoms with Crippen LogP contribution in [-0.4, -0.2) is 34.0 Å². The Bertz CT molecular complexity index is 1010. The van der Waals surface area contributed by atoms with E-state index < -0.39 is 0 Å². The molecule has 0 aliphatic rings. The monoisotopic (exact) mass is 407 g/mol. The maximum Gasteiger partial charge on any atom is 0.271 e. The van der Waals surface area contributed by atoms with Crippen molar-refractivity contribution in [3.8, 4) is 5.75 Å². The minimum absolute atomic E-state index is 0.264. The standard InChI is InChI=1S/C21H21N5O2S/c1-26-15-23-25-21(26)29-14-16-9-11-18(12-10-16)20(27)24-22-13-5-7-17-6-3-4-8-19(17)28-2/h3-13,15H,14H2,1-2H3,(H,24,27)/b7-5+,22-13+. The number of rotatable bonds is 8. The van der Waals surface area contributed by atoms with Gasteiger partial charge in [-0.3, -0.25) is 4.79 Å². The fourth-order valence-electron chi connectivity index (χ4n) is 2.46. The summed E-state index contributed by atoms with van der Waals surface area (Å²) >= 11 is 1.59. The molecule has 0 spiro atoms. The number of benzene rings is 2. The zero-order valence-electron chi connectivity index (χ0n) is 16.1. The normalized spacial score (nSPS) is 11.2. The van der Waals surface area contributed by atoms with Crippen molar-refractivity contribution in [1.29, 1.82) is 0 Å². The zero-order valence-corrected chi connectivity index (χ0v) is 17.0. The number of thioether (sulfide) groups is 1. The van der Waals surface area contributed by atoms with Gasteiger partial charge in [0.25, 0.3) is 5.91 Å². The van der Waals surface area contributed by atoms with Crippen molar-refractivity contribution >= 4 is 30.0 Å². The zero-order chi connectivity index (χ0) is 20.5. The molecule has 1 amide bonds. The van der Waals surface area contributed by atoms with Gasteiger partial charge < -0.3 is 9.30 Å². The Labute approximate surface area is 173 Å². The molecule has 0 aliphatic carbocycles. The summed E-state index contributed by atoms with van der Waals surface area (Å²) in [7, 11) is 3.53. The van der Waals surface area contributed by atoms with E-state index >= 15 is 0 Å². The van der Waals surface area contributed by atoms with Gasteiger partial charge in [0.2, 0.25) is 0 Å². The molecule has 0 unspecified atom stereocenters. The number of para-hydroxylation sites is 1. The Morgan fingerprint density at radius 1 is 1.24 bits per heavy atom. The number of hydrazone groups is 1. The largest absolute Gasteiger partial charge is 0.496 e. The van der Waals surface area contributed by atoms with E-state index in [0.29, 0.717) is 5.56 Å². The van der Waals surface area contributed by atoms with E-state index in [0.717, 1.165) is 27.8 Å². The smallest absolute Gasteiger partial charge is 0.271 e. The Morgan fingerprint density at radius 3 is 2.76 bits per heavy atom. The highest BCUT2D eigenvalue weighted by Gasteiger charge is 2.06. The van der Waals surface area contributed by atoms with Crippen molar-refractivity contribution < 1.29 is 9.53 Å². The van der Waals surface area contributed by atoms with Crippen LogP contribution in [0.2, 0.25) is 0 Å². The summed E-state index contributed by atoms with van der Waals surface area (Å²) in [5.74, 6) is 1.26. The van der Waals surface area contributed by atoms with Crippen LogP contribution in [0.25, 0.3) is 6.08 Å². The lowest BCUT2D eigenvalue weighted by Gasteiger charge is -2.03. The molecular weight excluding hydrogens is 386 g/mol. The van der Waals surface area contributed by atoms with Crippen LogP contribution in [0.15, 0.2) is 71.2 Å². The van der Waals surface area contributed by atoms with Crippen LogP contribution in [0.1, 0.15) is 21.5 Å². The van der Waals surface area contributed by atoms with E-state index in [9.17, 15) is 4.79 Å². The summed E-state index contributed by atoms with van der Waals surface area (Å²) in [4.78, 5) is 12.2. The highest BCUT2D eigenvalue weighted by Crippen LogP contribution is 2.20. The van der Waals surface area contributed by atoms with E-state index in [1.54, 1.807) is 43.4 Å². The first kappa shape index (κ1) is 20.3. The molecule has 29 heavy (non-hydrogen) atoms. The molecule has 3 aromatic rings. The van der Waals surface area contributed by atoms with Crippen molar-refractivity contribution in [2.45, 2.75) is 10.9 Å². The summed E-state index contributed by atoms with van der Waals surface area (Å²) in [6, 6.07) is 15.1. The van der Waals surface area contributed by atoms with Gasteiger partial charge in [-0.2, -0.15) is 5.10 Å². The minimum atomic E-state index is -0.264. The SMILES string of the molecule is COc1ccccc1/C=C/C=N/NC(=O)c1ccc(CSc2nncn2C)cc1. The average Bonchev–Trinajstić information content (AvgIpc) is 3.17. The van der Waals surface area contributed by atoms with Crippen LogP contribution in [-0.2, 0) is 12.8 Å². The maximum atomic E-state index is 12.2. The fourth-order valence-corrected chi connectivity index (χ4v) is 3.30. The van der Waals surface area contributed by atoms with E-state index in [1.165, 1.54) is 6.21 Å². The van der Waals surface area contributed by atoms with Gasteiger partial charge >= 0.3 is 0 Å². The molecular formula is C21H21N5O2S. The molecule has 1 aromatic heterocycles. The molecule has 1 heterocycles. The number of allylic oxidation sites excluding steroid dienone is 1. The van der Waals surface area contributed by atoms with Crippen molar-refractivity contribution in [3.05, 3.63) is 77.6 Å². The van der Waals surface area contributed by atoms with Crippen molar-refractivity contribution in [2.75, 3.05) is 7.11 Å². The first-order valence-corrected chi connectivity index (χ1v) is 9.85. The molecule has 7 nitrogen and oxygen atoms in total. The maximum absolute atomic E-state index is 12.2. The molecule has 0 bridgehead atoms. The number of aromatic nitrogens is 3. The Kier molecular flexibility index (Phi) is 7.18. The number of nitrogens with one attached hydrogen (secondary N) is 1. The highest BCUT2D eigenvalue weighted by atomic mass is 32.2. The van der Waals surface area contributed by atoms with Gasteiger partial charge in [-0.1, -0.05) is 42.1 Å². The fraction of sp³-hybridized carbons (Fsp3) is 0.143. The lowest BCUT2D eigenvalue weighted by atomic mass is 10.1. The van der Waals surface area contributed by atoms with Crippen LogP contribution >= 0.6 is 11.8 Å². The van der Waals surface area contributed by atoms with Gasteiger partial charge in [0.15, 0.2) is 5.16 Å². The number of aryl methyl sites for hydroxylation is 1. The van der Waals surface area contributed by atoms with Gasteiger partial charge in [0.05, 0.1) is 7.11 Å². The van der Waals surface area contributed by atoms with Gasteiger partial charge in [0.1, 0.15) is 12.1 Å². The number of ether oxygens (including phenoxy) is 1. The lowest BCUT2D eigenvalue weighted by molar-refractivity contribution is 0.0955. The minimum Gasteiger partial charge on any atom is -0.496 e. The third-order valence-electron chi connectivity index (χ3n) is 4.00. The van der Waals surface area contributed by atoms with Gasteiger partial charge in [-0.15, -0.1) is 10.2 Å². The first-order valence-electron chi connectivity index (χ1n) is 8.86. The summed E-state index contributed by atoms with van der Waals surface area (Å²) < 4.78 is 7.15. The van der Waals surface area contributed by atoms with E-state index in [-0.39, 0.29) is 5.91 Å². The van der Waals surface area contributed by atoms with E-state index in [4.69, 9.17) is 4.74 Å². The molecule has 0 fully saturated rings. The molecule has 0 saturated heterocycles. The number of hydrogen-bond donors (Lipinski definition) is 1. The predicted molar refractivity (Wildman–Crippen MR) is 115 cm³/mol. The number of methoxy groups -OCH3 is 1. The van der Waals surface area contributed by atoms with Crippen molar-refractivity contribution in [2.24, 2.45) is 12.1 Å². The summed E-state index contributed by atoms with van der Waals surface area (Å²) in [5, 5.41) is 12.7. The molecule has 0 saturated carbocycles. The second-order valence-electron chi connectivity index (χ2n) is 6.03.